The number of nitriles is 1. The van der Waals surface area contributed by atoms with E-state index in [0.717, 1.165) is 0 Å². The molecule has 2 rings (SSSR count). The van der Waals surface area contributed by atoms with Gasteiger partial charge in [0.15, 0.2) is 11.5 Å². The summed E-state index contributed by atoms with van der Waals surface area (Å²) in [4.78, 5) is 12.4. The summed E-state index contributed by atoms with van der Waals surface area (Å²) in [5, 5.41) is 12.4. The molecule has 0 aliphatic rings. The zero-order chi connectivity index (χ0) is 19.3. The number of nitrogens with zero attached hydrogens (tertiary/aromatic N) is 1. The first-order valence-corrected chi connectivity index (χ1v) is 8.74. The van der Waals surface area contributed by atoms with Crippen molar-refractivity contribution in [2.24, 2.45) is 0 Å². The third kappa shape index (κ3) is 4.50. The quantitative estimate of drug-likeness (QED) is 0.489. The fourth-order valence-electron chi connectivity index (χ4n) is 2.13. The summed E-state index contributed by atoms with van der Waals surface area (Å²) >= 11 is 15.3. The van der Waals surface area contributed by atoms with Crippen LogP contribution >= 0.6 is 39.1 Å². The maximum atomic E-state index is 12.4. The number of nitrogens with one attached hydrogen (secondary N) is 1. The topological polar surface area (TPSA) is 71.3 Å². The van der Waals surface area contributed by atoms with Gasteiger partial charge in [-0.3, -0.25) is 4.79 Å². The molecule has 0 saturated heterocycles. The van der Waals surface area contributed by atoms with E-state index < -0.39 is 5.91 Å². The van der Waals surface area contributed by atoms with Crippen LogP contribution < -0.4 is 14.8 Å². The number of halogens is 3. The van der Waals surface area contributed by atoms with Crippen LogP contribution in [0.1, 0.15) is 5.56 Å². The van der Waals surface area contributed by atoms with Gasteiger partial charge in [0, 0.05) is 0 Å². The molecule has 134 valence electrons. The van der Waals surface area contributed by atoms with E-state index >= 15 is 0 Å². The first-order valence-electron chi connectivity index (χ1n) is 7.20. The van der Waals surface area contributed by atoms with Gasteiger partial charge in [-0.25, -0.2) is 0 Å². The molecule has 0 aliphatic heterocycles. The first kappa shape index (κ1) is 20.1. The highest BCUT2D eigenvalue weighted by Crippen LogP contribution is 2.37. The van der Waals surface area contributed by atoms with Crippen LogP contribution in [-0.2, 0) is 4.79 Å². The highest BCUT2D eigenvalue weighted by Gasteiger charge is 2.15. The largest absolute Gasteiger partial charge is 0.493 e. The molecule has 0 unspecified atom stereocenters. The number of ether oxygens (including phenoxy) is 2. The van der Waals surface area contributed by atoms with Gasteiger partial charge in [0.1, 0.15) is 11.6 Å². The van der Waals surface area contributed by atoms with Crippen molar-refractivity contribution in [3.8, 4) is 17.6 Å². The fourth-order valence-corrected chi connectivity index (χ4v) is 3.10. The molecule has 0 saturated carbocycles. The summed E-state index contributed by atoms with van der Waals surface area (Å²) in [6.45, 7) is 0. The molecule has 0 radical (unpaired) electrons. The zero-order valence-corrected chi connectivity index (χ0v) is 16.9. The molecule has 0 aromatic heterocycles. The molecule has 1 N–H and O–H groups in total. The van der Waals surface area contributed by atoms with Gasteiger partial charge >= 0.3 is 0 Å². The van der Waals surface area contributed by atoms with Crippen LogP contribution in [0.25, 0.3) is 6.08 Å². The summed E-state index contributed by atoms with van der Waals surface area (Å²) in [5.41, 5.74) is 0.789. The minimum absolute atomic E-state index is 0.111. The number of rotatable bonds is 5. The molecule has 0 aliphatic carbocycles. The van der Waals surface area contributed by atoms with Crippen LogP contribution in [0.4, 0.5) is 5.69 Å². The van der Waals surface area contributed by atoms with Gasteiger partial charge in [0.05, 0.1) is 34.4 Å². The molecule has 26 heavy (non-hydrogen) atoms. The van der Waals surface area contributed by atoms with E-state index in [1.54, 1.807) is 30.3 Å². The number of anilines is 1. The number of carbonyl (C=O) groups is 1. The van der Waals surface area contributed by atoms with Crippen molar-refractivity contribution in [2.75, 3.05) is 19.5 Å². The first-order chi connectivity index (χ1) is 12.4. The van der Waals surface area contributed by atoms with E-state index in [1.165, 1.54) is 20.3 Å². The van der Waals surface area contributed by atoms with Crippen LogP contribution in [0, 0.1) is 11.3 Å². The number of carbonyl (C=O) groups excluding carboxylic acids is 1. The van der Waals surface area contributed by atoms with Crippen molar-refractivity contribution in [2.45, 2.75) is 0 Å². The normalized spacial score (nSPS) is 10.8. The Hall–Kier alpha value is -2.20. The maximum Gasteiger partial charge on any atom is 0.266 e. The van der Waals surface area contributed by atoms with Crippen LogP contribution in [0.2, 0.25) is 10.0 Å². The smallest absolute Gasteiger partial charge is 0.266 e. The Morgan fingerprint density at radius 3 is 2.62 bits per heavy atom. The van der Waals surface area contributed by atoms with Crippen LogP contribution in [0.15, 0.2) is 40.4 Å². The SMILES string of the molecule is COc1cc(/C=C(\C#N)C(=O)Nc2cccc(Cl)c2Cl)cc(Br)c1OC. The van der Waals surface area contributed by atoms with Gasteiger partial charge < -0.3 is 14.8 Å². The molecular weight excluding hydrogens is 443 g/mol. The summed E-state index contributed by atoms with van der Waals surface area (Å²) in [7, 11) is 3.01. The van der Waals surface area contributed by atoms with E-state index in [1.807, 2.05) is 6.07 Å². The Kier molecular flexibility index (Phi) is 6.92. The van der Waals surface area contributed by atoms with Crippen molar-refractivity contribution in [1.29, 1.82) is 5.26 Å². The van der Waals surface area contributed by atoms with Crippen LogP contribution in [-0.4, -0.2) is 20.1 Å². The number of methoxy groups -OCH3 is 2. The second kappa shape index (κ2) is 8.95. The lowest BCUT2D eigenvalue weighted by atomic mass is 10.1. The standard InChI is InChI=1S/C18H13BrCl2N2O3/c1-25-15-8-10(7-12(19)17(15)26-2)6-11(9-22)18(24)23-14-5-3-4-13(20)16(14)21/h3-8H,1-2H3,(H,23,24)/b11-6+. The molecule has 0 fully saturated rings. The van der Waals surface area contributed by atoms with Gasteiger partial charge in [0.25, 0.3) is 5.91 Å². The predicted octanol–water partition coefficient (Wildman–Crippen LogP) is 5.32. The summed E-state index contributed by atoms with van der Waals surface area (Å²) < 4.78 is 11.1. The monoisotopic (exact) mass is 454 g/mol. The lowest BCUT2D eigenvalue weighted by molar-refractivity contribution is -0.112. The highest BCUT2D eigenvalue weighted by molar-refractivity contribution is 9.10. The number of benzene rings is 2. The average Bonchev–Trinajstić information content (AvgIpc) is 2.62. The Bertz CT molecular complexity index is 923. The summed E-state index contributed by atoms with van der Waals surface area (Å²) in [5.74, 6) is 0.365. The lowest BCUT2D eigenvalue weighted by Crippen LogP contribution is -2.13. The van der Waals surface area contributed by atoms with Gasteiger partial charge in [-0.05, 0) is 51.8 Å². The molecule has 0 atom stereocenters. The minimum atomic E-state index is -0.609. The fraction of sp³-hybridized carbons (Fsp3) is 0.111. The molecule has 0 heterocycles. The van der Waals surface area contributed by atoms with Crippen molar-refractivity contribution in [1.82, 2.24) is 0 Å². The van der Waals surface area contributed by atoms with E-state index in [9.17, 15) is 10.1 Å². The molecule has 0 spiro atoms. The second-order valence-electron chi connectivity index (χ2n) is 4.96. The molecule has 1 amide bonds. The van der Waals surface area contributed by atoms with Gasteiger partial charge in [-0.2, -0.15) is 5.26 Å². The Morgan fingerprint density at radius 1 is 1.27 bits per heavy atom. The van der Waals surface area contributed by atoms with E-state index in [2.05, 4.69) is 21.2 Å². The Labute approximate surface area is 169 Å². The summed E-state index contributed by atoms with van der Waals surface area (Å²) in [6, 6.07) is 10.1. The van der Waals surface area contributed by atoms with Gasteiger partial charge in [0.2, 0.25) is 0 Å². The van der Waals surface area contributed by atoms with Crippen molar-refractivity contribution in [3.05, 3.63) is 56.0 Å². The minimum Gasteiger partial charge on any atom is -0.493 e. The van der Waals surface area contributed by atoms with Gasteiger partial charge in [-0.1, -0.05) is 29.3 Å². The molecule has 5 nitrogen and oxygen atoms in total. The maximum absolute atomic E-state index is 12.4. The van der Waals surface area contributed by atoms with Crippen LogP contribution in [0.5, 0.6) is 11.5 Å². The average molecular weight is 456 g/mol. The predicted molar refractivity (Wildman–Crippen MR) is 106 cm³/mol. The third-order valence-electron chi connectivity index (χ3n) is 3.33. The number of hydrogen-bond acceptors (Lipinski definition) is 4. The third-order valence-corrected chi connectivity index (χ3v) is 4.74. The second-order valence-corrected chi connectivity index (χ2v) is 6.60. The molecule has 0 bridgehead atoms. The van der Waals surface area contributed by atoms with E-state index in [-0.39, 0.29) is 10.6 Å². The van der Waals surface area contributed by atoms with Crippen molar-refractivity contribution >= 4 is 56.8 Å². The summed E-state index contributed by atoms with van der Waals surface area (Å²) in [6.07, 6.45) is 1.43. The molecular formula is C18H13BrCl2N2O3. The van der Waals surface area contributed by atoms with E-state index in [4.69, 9.17) is 32.7 Å². The molecule has 2 aromatic rings. The molecule has 8 heteroatoms. The molecule has 2 aromatic carbocycles. The van der Waals surface area contributed by atoms with E-state index in [0.29, 0.717) is 32.2 Å². The zero-order valence-electron chi connectivity index (χ0n) is 13.8. The van der Waals surface area contributed by atoms with Crippen molar-refractivity contribution in [3.63, 3.8) is 0 Å². The van der Waals surface area contributed by atoms with Crippen molar-refractivity contribution < 1.29 is 14.3 Å². The Morgan fingerprint density at radius 2 is 2.00 bits per heavy atom. The van der Waals surface area contributed by atoms with Crippen LogP contribution in [0.3, 0.4) is 0 Å². The lowest BCUT2D eigenvalue weighted by Gasteiger charge is -2.11. The Balaban J connectivity index is 2.36. The number of amides is 1. The highest BCUT2D eigenvalue weighted by atomic mass is 79.9. The number of hydrogen-bond donors (Lipinski definition) is 1. The van der Waals surface area contributed by atoms with Gasteiger partial charge in [-0.15, -0.1) is 0 Å².